The Morgan fingerprint density at radius 1 is 1.67 bits per heavy atom. The second-order valence-electron chi connectivity index (χ2n) is 1.54. The predicted molar refractivity (Wildman–Crippen MR) is 40.7 cm³/mol. The molecular formula is C6H11NOS. The van der Waals surface area contributed by atoms with Crippen molar-refractivity contribution in [2.24, 2.45) is 4.99 Å². The molecule has 0 N–H and O–H groups in total. The Morgan fingerprint density at radius 2 is 2.33 bits per heavy atom. The molecule has 0 aromatic carbocycles. The minimum Gasteiger partial charge on any atom is -0.356 e. The summed E-state index contributed by atoms with van der Waals surface area (Å²) < 4.78 is 5.14. The lowest BCUT2D eigenvalue weighted by atomic mass is 10.4. The average molecular weight is 145 g/mol. The summed E-state index contributed by atoms with van der Waals surface area (Å²) in [5.41, 5.74) is 0. The van der Waals surface area contributed by atoms with Crippen LogP contribution in [0.2, 0.25) is 0 Å². The lowest BCUT2D eigenvalue weighted by molar-refractivity contribution is 0.0677. The molecule has 0 aliphatic carbocycles. The second-order valence-corrected chi connectivity index (χ2v) is 1.72. The number of isothiocyanates is 1. The van der Waals surface area contributed by atoms with Crippen molar-refractivity contribution in [3.05, 3.63) is 0 Å². The molecule has 1 atom stereocenters. The zero-order chi connectivity index (χ0) is 7.11. The normalized spacial score (nSPS) is 12.2. The minimum absolute atomic E-state index is 0.0764. The molecular weight excluding hydrogens is 134 g/mol. The Kier molecular flexibility index (Phi) is 5.73. The van der Waals surface area contributed by atoms with Crippen molar-refractivity contribution in [1.82, 2.24) is 0 Å². The number of hydrogen-bond donors (Lipinski definition) is 0. The Bertz CT molecular complexity index is 110. The first kappa shape index (κ1) is 8.76. The topological polar surface area (TPSA) is 21.6 Å². The molecule has 0 aromatic heterocycles. The molecule has 52 valence electrons. The van der Waals surface area contributed by atoms with Gasteiger partial charge in [0.25, 0.3) is 0 Å². The molecule has 9 heavy (non-hydrogen) atoms. The van der Waals surface area contributed by atoms with Gasteiger partial charge < -0.3 is 4.74 Å². The van der Waals surface area contributed by atoms with Crippen LogP contribution in [0.15, 0.2) is 4.99 Å². The van der Waals surface area contributed by atoms with E-state index in [-0.39, 0.29) is 6.23 Å². The molecule has 0 saturated carbocycles. The average Bonchev–Trinajstić information content (AvgIpc) is 1.88. The van der Waals surface area contributed by atoms with Gasteiger partial charge in [-0.05, 0) is 25.6 Å². The van der Waals surface area contributed by atoms with Crippen LogP contribution in [0.4, 0.5) is 0 Å². The van der Waals surface area contributed by atoms with Crippen molar-refractivity contribution in [1.29, 1.82) is 0 Å². The summed E-state index contributed by atoms with van der Waals surface area (Å²) in [6.07, 6.45) is 0.782. The van der Waals surface area contributed by atoms with E-state index in [0.29, 0.717) is 6.61 Å². The molecule has 0 heterocycles. The van der Waals surface area contributed by atoms with Crippen LogP contribution in [0, 0.1) is 0 Å². The van der Waals surface area contributed by atoms with Gasteiger partial charge in [-0.3, -0.25) is 0 Å². The number of nitrogens with zero attached hydrogens (tertiary/aromatic N) is 1. The van der Waals surface area contributed by atoms with Gasteiger partial charge in [-0.15, -0.1) is 0 Å². The van der Waals surface area contributed by atoms with Crippen molar-refractivity contribution >= 4 is 17.4 Å². The summed E-state index contributed by atoms with van der Waals surface area (Å²) in [6, 6.07) is 0. The first-order valence-corrected chi connectivity index (χ1v) is 3.44. The van der Waals surface area contributed by atoms with Crippen molar-refractivity contribution in [3.63, 3.8) is 0 Å². The molecule has 0 fully saturated rings. The molecule has 0 bridgehead atoms. The van der Waals surface area contributed by atoms with Crippen LogP contribution in [0.3, 0.4) is 0 Å². The molecule has 0 radical (unpaired) electrons. The molecule has 1 unspecified atom stereocenters. The van der Waals surface area contributed by atoms with Crippen LogP contribution >= 0.6 is 12.2 Å². The smallest absolute Gasteiger partial charge is 0.157 e. The largest absolute Gasteiger partial charge is 0.356 e. The van der Waals surface area contributed by atoms with Crippen molar-refractivity contribution in [2.45, 2.75) is 26.5 Å². The van der Waals surface area contributed by atoms with E-state index in [4.69, 9.17) is 4.74 Å². The van der Waals surface area contributed by atoms with Gasteiger partial charge in [0.15, 0.2) is 6.23 Å². The zero-order valence-corrected chi connectivity index (χ0v) is 6.57. The van der Waals surface area contributed by atoms with Gasteiger partial charge in [0.05, 0.1) is 5.16 Å². The van der Waals surface area contributed by atoms with Gasteiger partial charge in [-0.25, -0.2) is 4.99 Å². The minimum atomic E-state index is -0.0764. The van der Waals surface area contributed by atoms with Gasteiger partial charge in [0.1, 0.15) is 0 Å². The summed E-state index contributed by atoms with van der Waals surface area (Å²) in [7, 11) is 0. The van der Waals surface area contributed by atoms with Crippen molar-refractivity contribution in [2.75, 3.05) is 6.61 Å². The molecule has 0 aliphatic heterocycles. The first-order valence-electron chi connectivity index (χ1n) is 3.03. The molecule has 3 heteroatoms. The fourth-order valence-corrected chi connectivity index (χ4v) is 0.615. The van der Waals surface area contributed by atoms with Crippen LogP contribution in [0.5, 0.6) is 0 Å². The molecule has 0 rings (SSSR count). The van der Waals surface area contributed by atoms with Gasteiger partial charge in [0.2, 0.25) is 0 Å². The fraction of sp³-hybridized carbons (Fsp3) is 0.833. The third-order valence-corrected chi connectivity index (χ3v) is 1.01. The third kappa shape index (κ3) is 4.28. The van der Waals surface area contributed by atoms with Crippen LogP contribution in [0.1, 0.15) is 20.3 Å². The molecule has 0 amide bonds. The number of hydrogen-bond acceptors (Lipinski definition) is 3. The van der Waals surface area contributed by atoms with E-state index in [1.807, 2.05) is 13.8 Å². The molecule has 2 nitrogen and oxygen atoms in total. The predicted octanol–water partition coefficient (Wildman–Crippen LogP) is 1.86. The highest BCUT2D eigenvalue weighted by molar-refractivity contribution is 7.78. The highest BCUT2D eigenvalue weighted by atomic mass is 32.1. The van der Waals surface area contributed by atoms with Crippen LogP contribution < -0.4 is 0 Å². The van der Waals surface area contributed by atoms with Crippen LogP contribution in [-0.2, 0) is 4.74 Å². The molecule has 0 aromatic rings. The SMILES string of the molecule is CCOC(CC)N=C=S. The van der Waals surface area contributed by atoms with E-state index in [9.17, 15) is 0 Å². The van der Waals surface area contributed by atoms with E-state index in [1.54, 1.807) is 0 Å². The Morgan fingerprint density at radius 3 is 2.67 bits per heavy atom. The van der Waals surface area contributed by atoms with Crippen molar-refractivity contribution < 1.29 is 4.74 Å². The van der Waals surface area contributed by atoms with E-state index in [1.165, 1.54) is 0 Å². The monoisotopic (exact) mass is 145 g/mol. The Hall–Kier alpha value is -0.240. The van der Waals surface area contributed by atoms with Gasteiger partial charge in [-0.1, -0.05) is 6.92 Å². The molecule has 0 spiro atoms. The van der Waals surface area contributed by atoms with Gasteiger partial charge in [0, 0.05) is 6.61 Å². The number of thiocarbonyl (C=S) groups is 1. The maximum Gasteiger partial charge on any atom is 0.157 e. The molecule has 0 aliphatic rings. The summed E-state index contributed by atoms with van der Waals surface area (Å²) in [4.78, 5) is 3.77. The fourth-order valence-electron chi connectivity index (χ4n) is 0.498. The van der Waals surface area contributed by atoms with E-state index in [2.05, 4.69) is 22.4 Å². The first-order chi connectivity index (χ1) is 4.35. The maximum atomic E-state index is 5.14. The summed E-state index contributed by atoms with van der Waals surface area (Å²) in [5.74, 6) is 0. The Balaban J connectivity index is 3.53. The maximum absolute atomic E-state index is 5.14. The van der Waals surface area contributed by atoms with E-state index < -0.39 is 0 Å². The Labute approximate surface area is 60.9 Å². The van der Waals surface area contributed by atoms with E-state index in [0.717, 1.165) is 6.42 Å². The highest BCUT2D eigenvalue weighted by Crippen LogP contribution is 1.96. The number of aliphatic imine (C=N–C) groups is 1. The van der Waals surface area contributed by atoms with Crippen molar-refractivity contribution in [3.8, 4) is 0 Å². The lowest BCUT2D eigenvalue weighted by Gasteiger charge is -2.05. The summed E-state index contributed by atoms with van der Waals surface area (Å²) >= 11 is 4.41. The third-order valence-electron chi connectivity index (χ3n) is 0.905. The van der Waals surface area contributed by atoms with Crippen LogP contribution in [-0.4, -0.2) is 18.0 Å². The highest BCUT2D eigenvalue weighted by Gasteiger charge is 1.98. The quantitative estimate of drug-likeness (QED) is 0.445. The van der Waals surface area contributed by atoms with Gasteiger partial charge in [-0.2, -0.15) is 0 Å². The molecule has 0 saturated heterocycles. The number of rotatable bonds is 4. The summed E-state index contributed by atoms with van der Waals surface area (Å²) in [5, 5.41) is 2.29. The van der Waals surface area contributed by atoms with E-state index >= 15 is 0 Å². The zero-order valence-electron chi connectivity index (χ0n) is 5.76. The standard InChI is InChI=1S/C6H11NOS/c1-3-6(7-5-9)8-4-2/h6H,3-4H2,1-2H3. The van der Waals surface area contributed by atoms with Crippen LogP contribution in [0.25, 0.3) is 0 Å². The number of ether oxygens (including phenoxy) is 1. The van der Waals surface area contributed by atoms with Gasteiger partial charge >= 0.3 is 0 Å². The second kappa shape index (κ2) is 5.89. The summed E-state index contributed by atoms with van der Waals surface area (Å²) in [6.45, 7) is 4.61. The lowest BCUT2D eigenvalue weighted by Crippen LogP contribution is -2.07.